The van der Waals surface area contributed by atoms with E-state index in [1.54, 1.807) is 6.92 Å². The van der Waals surface area contributed by atoms with Crippen LogP contribution in [0, 0.1) is 0 Å². The summed E-state index contributed by atoms with van der Waals surface area (Å²) in [6.07, 6.45) is 0. The van der Waals surface area contributed by atoms with Crippen LogP contribution in [0.5, 0.6) is 0 Å². The Morgan fingerprint density at radius 1 is 1.57 bits per heavy atom. The van der Waals surface area contributed by atoms with Crippen molar-refractivity contribution in [2.24, 2.45) is 0 Å². The van der Waals surface area contributed by atoms with Crippen LogP contribution in [-0.2, 0) is 9.59 Å². The lowest BCUT2D eigenvalue weighted by molar-refractivity contribution is -0.142. The number of nitrogens with one attached hydrogen (secondary N) is 1. The maximum absolute atomic E-state index is 11.5. The predicted molar refractivity (Wildman–Crippen MR) is 54.3 cm³/mol. The molecule has 0 bridgehead atoms. The smallest absolute Gasteiger partial charge is 0.256 e. The van der Waals surface area contributed by atoms with Crippen molar-refractivity contribution in [3.05, 3.63) is 0 Å². The highest BCUT2D eigenvalue weighted by atomic mass is 35.5. The van der Waals surface area contributed by atoms with E-state index in [4.69, 9.17) is 23.2 Å². The third kappa shape index (κ3) is 2.30. The number of rotatable bonds is 1. The van der Waals surface area contributed by atoms with Crippen LogP contribution < -0.4 is 5.32 Å². The molecule has 0 aromatic rings. The lowest BCUT2D eigenvalue weighted by Crippen LogP contribution is -2.60. The molecule has 2 unspecified atom stereocenters. The van der Waals surface area contributed by atoms with Gasteiger partial charge in [-0.3, -0.25) is 9.59 Å². The Morgan fingerprint density at radius 3 is 2.64 bits per heavy atom. The van der Waals surface area contributed by atoms with Gasteiger partial charge in [0.1, 0.15) is 6.04 Å². The van der Waals surface area contributed by atoms with Gasteiger partial charge >= 0.3 is 0 Å². The van der Waals surface area contributed by atoms with Crippen LogP contribution in [0.2, 0.25) is 0 Å². The number of halogens is 2. The molecule has 4 nitrogen and oxygen atoms in total. The van der Waals surface area contributed by atoms with Crippen molar-refractivity contribution >= 4 is 35.0 Å². The molecule has 0 radical (unpaired) electrons. The highest BCUT2D eigenvalue weighted by Crippen LogP contribution is 2.14. The number of amides is 2. The van der Waals surface area contributed by atoms with E-state index in [0.29, 0.717) is 6.54 Å². The Kier molecular flexibility index (Phi) is 3.61. The molecule has 1 aliphatic heterocycles. The summed E-state index contributed by atoms with van der Waals surface area (Å²) < 4.78 is 0. The topological polar surface area (TPSA) is 49.4 Å². The predicted octanol–water partition coefficient (Wildman–Crippen LogP) is 0.525. The van der Waals surface area contributed by atoms with E-state index in [1.807, 2.05) is 6.92 Å². The molecule has 14 heavy (non-hydrogen) atoms. The highest BCUT2D eigenvalue weighted by molar-refractivity contribution is 6.53. The van der Waals surface area contributed by atoms with Crippen LogP contribution in [0.25, 0.3) is 0 Å². The maximum Gasteiger partial charge on any atom is 0.256 e. The van der Waals surface area contributed by atoms with Gasteiger partial charge in [0.25, 0.3) is 5.91 Å². The van der Waals surface area contributed by atoms with Gasteiger partial charge in [-0.05, 0) is 13.8 Å². The summed E-state index contributed by atoms with van der Waals surface area (Å²) in [4.78, 5) is 23.1. The average Bonchev–Trinajstić information content (AvgIpc) is 2.09. The minimum Gasteiger partial charge on any atom is -0.350 e. The zero-order valence-corrected chi connectivity index (χ0v) is 9.47. The summed E-state index contributed by atoms with van der Waals surface area (Å²) in [5, 5.41) is 2.73. The summed E-state index contributed by atoms with van der Waals surface area (Å²) >= 11 is 10.9. The summed E-state index contributed by atoms with van der Waals surface area (Å²) in [7, 11) is 0. The molecule has 2 atom stereocenters. The zero-order valence-electron chi connectivity index (χ0n) is 7.96. The molecule has 1 heterocycles. The molecule has 0 aliphatic carbocycles. The van der Waals surface area contributed by atoms with Crippen LogP contribution in [-0.4, -0.2) is 40.2 Å². The first kappa shape index (κ1) is 11.6. The number of hydrogen-bond acceptors (Lipinski definition) is 2. The molecule has 0 aromatic heterocycles. The second-order valence-electron chi connectivity index (χ2n) is 3.38. The Bertz CT molecular complexity index is 258. The Balaban J connectivity index is 2.76. The van der Waals surface area contributed by atoms with E-state index in [-0.39, 0.29) is 11.9 Å². The Labute approximate surface area is 92.5 Å². The first-order chi connectivity index (χ1) is 6.43. The van der Waals surface area contributed by atoms with Crippen LogP contribution in [0.3, 0.4) is 0 Å². The van der Waals surface area contributed by atoms with Gasteiger partial charge in [-0.25, -0.2) is 0 Å². The van der Waals surface area contributed by atoms with Gasteiger partial charge in [0.05, 0.1) is 0 Å². The van der Waals surface area contributed by atoms with Gasteiger partial charge < -0.3 is 10.2 Å². The molecule has 0 saturated carbocycles. The molecule has 1 saturated heterocycles. The van der Waals surface area contributed by atoms with Crippen molar-refractivity contribution in [1.29, 1.82) is 0 Å². The van der Waals surface area contributed by atoms with Crippen molar-refractivity contribution in [2.75, 3.05) is 6.54 Å². The third-order valence-corrected chi connectivity index (χ3v) is 2.55. The molecule has 1 aliphatic rings. The van der Waals surface area contributed by atoms with Crippen molar-refractivity contribution in [3.8, 4) is 0 Å². The molecule has 6 heteroatoms. The lowest BCUT2D eigenvalue weighted by atomic mass is 10.1. The van der Waals surface area contributed by atoms with E-state index in [2.05, 4.69) is 5.32 Å². The number of nitrogens with zero attached hydrogens (tertiary/aromatic N) is 1. The molecule has 1 N–H and O–H groups in total. The van der Waals surface area contributed by atoms with Crippen molar-refractivity contribution in [1.82, 2.24) is 10.2 Å². The molecular weight excluding hydrogens is 227 g/mol. The molecule has 2 amide bonds. The average molecular weight is 239 g/mol. The van der Waals surface area contributed by atoms with Crippen LogP contribution in [0.4, 0.5) is 0 Å². The standard InChI is InChI=1S/C8H12Cl2N2O2/c1-4-3-12(8(14)6(9)10)5(2)7(13)11-4/h4-6H,3H2,1-2H3,(H,11,13). The quantitative estimate of drug-likeness (QED) is 0.678. The molecule has 0 spiro atoms. The third-order valence-electron chi connectivity index (χ3n) is 2.18. The summed E-state index contributed by atoms with van der Waals surface area (Å²) in [6, 6.07) is -0.562. The summed E-state index contributed by atoms with van der Waals surface area (Å²) in [5.41, 5.74) is 0. The minimum absolute atomic E-state index is 0.0604. The Hall–Kier alpha value is -0.480. The molecule has 1 rings (SSSR count). The fourth-order valence-corrected chi connectivity index (χ4v) is 1.66. The van der Waals surface area contributed by atoms with Gasteiger partial charge in [-0.1, -0.05) is 23.2 Å². The van der Waals surface area contributed by atoms with E-state index in [9.17, 15) is 9.59 Å². The van der Waals surface area contributed by atoms with Crippen molar-refractivity contribution in [3.63, 3.8) is 0 Å². The van der Waals surface area contributed by atoms with Crippen LogP contribution in [0.1, 0.15) is 13.8 Å². The fourth-order valence-electron chi connectivity index (χ4n) is 1.41. The number of alkyl halides is 2. The number of piperazine rings is 1. The fraction of sp³-hybridized carbons (Fsp3) is 0.750. The molecule has 80 valence electrons. The number of carbonyl (C=O) groups is 2. The second-order valence-corrected chi connectivity index (χ2v) is 4.47. The largest absolute Gasteiger partial charge is 0.350 e. The van der Waals surface area contributed by atoms with Gasteiger partial charge in [0.15, 0.2) is 4.84 Å². The van der Waals surface area contributed by atoms with E-state index in [0.717, 1.165) is 0 Å². The van der Waals surface area contributed by atoms with Crippen molar-refractivity contribution in [2.45, 2.75) is 30.8 Å². The van der Waals surface area contributed by atoms with Crippen LogP contribution in [0.15, 0.2) is 0 Å². The van der Waals surface area contributed by atoms with Gasteiger partial charge in [-0.15, -0.1) is 0 Å². The van der Waals surface area contributed by atoms with E-state index < -0.39 is 16.8 Å². The normalized spacial score (nSPS) is 27.8. The van der Waals surface area contributed by atoms with Crippen LogP contribution >= 0.6 is 23.2 Å². The highest BCUT2D eigenvalue weighted by Gasteiger charge is 2.34. The monoisotopic (exact) mass is 238 g/mol. The van der Waals surface area contributed by atoms with Crippen molar-refractivity contribution < 1.29 is 9.59 Å². The number of hydrogen-bond donors (Lipinski definition) is 1. The molecule has 0 aromatic carbocycles. The first-order valence-electron chi connectivity index (χ1n) is 4.32. The van der Waals surface area contributed by atoms with Gasteiger partial charge in [0, 0.05) is 12.6 Å². The molecular formula is C8H12Cl2N2O2. The van der Waals surface area contributed by atoms with E-state index >= 15 is 0 Å². The zero-order chi connectivity index (χ0) is 10.9. The number of carbonyl (C=O) groups excluding carboxylic acids is 2. The van der Waals surface area contributed by atoms with Gasteiger partial charge in [-0.2, -0.15) is 0 Å². The maximum atomic E-state index is 11.5. The Morgan fingerprint density at radius 2 is 2.14 bits per heavy atom. The lowest BCUT2D eigenvalue weighted by Gasteiger charge is -2.36. The minimum atomic E-state index is -1.10. The summed E-state index contributed by atoms with van der Waals surface area (Å²) in [6.45, 7) is 3.92. The van der Waals surface area contributed by atoms with Gasteiger partial charge in [0.2, 0.25) is 5.91 Å². The molecule has 1 fully saturated rings. The van der Waals surface area contributed by atoms with E-state index in [1.165, 1.54) is 4.90 Å². The SMILES string of the molecule is CC1CN(C(=O)C(Cl)Cl)C(C)C(=O)N1. The second kappa shape index (κ2) is 4.36. The first-order valence-corrected chi connectivity index (χ1v) is 5.19. The summed E-state index contributed by atoms with van der Waals surface area (Å²) in [5.74, 6) is -0.589.